The van der Waals surface area contributed by atoms with Gasteiger partial charge in [-0.15, -0.1) is 11.6 Å². The summed E-state index contributed by atoms with van der Waals surface area (Å²) >= 11 is 5.48. The number of rotatable bonds is 10. The first-order valence-corrected chi connectivity index (χ1v) is 8.72. The van der Waals surface area contributed by atoms with Crippen LogP contribution < -0.4 is 21.3 Å². The van der Waals surface area contributed by atoms with Crippen LogP contribution in [-0.2, 0) is 16.1 Å². The Labute approximate surface area is 152 Å². The number of urea groups is 1. The van der Waals surface area contributed by atoms with E-state index in [1.54, 1.807) is 0 Å². The predicted molar refractivity (Wildman–Crippen MR) is 97.2 cm³/mol. The second kappa shape index (κ2) is 12.1. The van der Waals surface area contributed by atoms with Gasteiger partial charge in [0.1, 0.15) is 6.04 Å². The van der Waals surface area contributed by atoms with E-state index in [-0.39, 0.29) is 17.8 Å². The van der Waals surface area contributed by atoms with Crippen molar-refractivity contribution in [2.24, 2.45) is 0 Å². The van der Waals surface area contributed by atoms with Crippen LogP contribution in [0.3, 0.4) is 0 Å². The molecule has 138 valence electrons. The maximum Gasteiger partial charge on any atom is 0.314 e. The Balaban J connectivity index is 2.38. The first-order valence-electron chi connectivity index (χ1n) is 8.19. The molecule has 25 heavy (non-hydrogen) atoms. The van der Waals surface area contributed by atoms with Crippen LogP contribution >= 0.6 is 11.6 Å². The van der Waals surface area contributed by atoms with Crippen molar-refractivity contribution < 1.29 is 14.4 Å². The van der Waals surface area contributed by atoms with E-state index >= 15 is 0 Å². The van der Waals surface area contributed by atoms with Crippen molar-refractivity contribution in [3.05, 3.63) is 35.9 Å². The molecule has 0 saturated carbocycles. The van der Waals surface area contributed by atoms with Crippen LogP contribution in [0.25, 0.3) is 0 Å². The Morgan fingerprint density at radius 3 is 2.36 bits per heavy atom. The topological polar surface area (TPSA) is 99.3 Å². The van der Waals surface area contributed by atoms with Gasteiger partial charge >= 0.3 is 6.03 Å². The lowest BCUT2D eigenvalue weighted by atomic mass is 10.1. The van der Waals surface area contributed by atoms with Crippen molar-refractivity contribution in [1.82, 2.24) is 21.3 Å². The van der Waals surface area contributed by atoms with Crippen LogP contribution in [0.15, 0.2) is 30.3 Å². The van der Waals surface area contributed by atoms with E-state index < -0.39 is 6.04 Å². The van der Waals surface area contributed by atoms with E-state index in [1.807, 2.05) is 30.3 Å². The summed E-state index contributed by atoms with van der Waals surface area (Å²) in [4.78, 5) is 35.0. The molecular formula is C17H25ClN4O3. The largest absolute Gasteiger partial charge is 0.350 e. The molecule has 1 aromatic carbocycles. The maximum atomic E-state index is 12.3. The van der Waals surface area contributed by atoms with E-state index in [4.69, 9.17) is 11.6 Å². The number of amides is 4. The second-order valence-corrected chi connectivity index (χ2v) is 5.85. The van der Waals surface area contributed by atoms with Gasteiger partial charge in [-0.3, -0.25) is 9.59 Å². The third-order valence-electron chi connectivity index (χ3n) is 3.34. The summed E-state index contributed by atoms with van der Waals surface area (Å²) in [6.07, 6.45) is 0.980. The minimum atomic E-state index is -0.631. The van der Waals surface area contributed by atoms with Crippen LogP contribution in [0.4, 0.5) is 4.79 Å². The van der Waals surface area contributed by atoms with Gasteiger partial charge < -0.3 is 21.3 Å². The molecule has 0 aliphatic carbocycles. The minimum Gasteiger partial charge on any atom is -0.350 e. The average Bonchev–Trinajstić information content (AvgIpc) is 2.61. The zero-order chi connectivity index (χ0) is 18.5. The molecule has 0 aliphatic heterocycles. The Bertz CT molecular complexity index is 554. The molecule has 0 saturated heterocycles. The van der Waals surface area contributed by atoms with Crippen LogP contribution in [-0.4, -0.2) is 42.9 Å². The number of nitrogens with one attached hydrogen (secondary N) is 4. The number of benzene rings is 1. The fraction of sp³-hybridized carbons (Fsp3) is 0.471. The van der Waals surface area contributed by atoms with E-state index in [0.29, 0.717) is 38.4 Å². The van der Waals surface area contributed by atoms with Crippen LogP contribution in [0, 0.1) is 0 Å². The van der Waals surface area contributed by atoms with E-state index in [9.17, 15) is 14.4 Å². The summed E-state index contributed by atoms with van der Waals surface area (Å²) in [7, 11) is 0. The molecule has 0 bridgehead atoms. The van der Waals surface area contributed by atoms with E-state index in [0.717, 1.165) is 5.56 Å². The van der Waals surface area contributed by atoms with Gasteiger partial charge in [-0.2, -0.15) is 0 Å². The summed E-state index contributed by atoms with van der Waals surface area (Å²) in [5, 5.41) is 10.7. The normalized spacial score (nSPS) is 11.3. The van der Waals surface area contributed by atoms with Crippen LogP contribution in [0.1, 0.15) is 25.3 Å². The van der Waals surface area contributed by atoms with Crippen molar-refractivity contribution in [3.63, 3.8) is 0 Å². The molecule has 7 nitrogen and oxygen atoms in total. The molecule has 1 atom stereocenters. The lowest BCUT2D eigenvalue weighted by molar-refractivity contribution is -0.128. The van der Waals surface area contributed by atoms with Gasteiger partial charge in [-0.05, 0) is 18.4 Å². The zero-order valence-corrected chi connectivity index (χ0v) is 15.1. The minimum absolute atomic E-state index is 0.245. The fourth-order valence-corrected chi connectivity index (χ4v) is 2.25. The molecule has 1 aromatic rings. The standard InChI is InChI=1S/C17H25ClN4O3/c1-13(23)22-15(8-5-10-19-17(25)20-11-9-18)16(24)21-12-14-6-3-2-4-7-14/h2-4,6-7,15H,5,8-12H2,1H3,(H,21,24)(H,22,23)(H2,19,20,25)/t15-/m0/s1. The first kappa shape index (κ1) is 20.8. The lowest BCUT2D eigenvalue weighted by Crippen LogP contribution is -2.46. The number of halogens is 1. The smallest absolute Gasteiger partial charge is 0.314 e. The summed E-state index contributed by atoms with van der Waals surface area (Å²) in [6, 6.07) is 8.59. The fourth-order valence-electron chi connectivity index (χ4n) is 2.15. The van der Waals surface area contributed by atoms with Crippen molar-refractivity contribution in [3.8, 4) is 0 Å². The van der Waals surface area contributed by atoms with Crippen LogP contribution in [0.5, 0.6) is 0 Å². The molecule has 0 heterocycles. The van der Waals surface area contributed by atoms with Crippen molar-refractivity contribution in [1.29, 1.82) is 0 Å². The Hall–Kier alpha value is -2.28. The number of hydrogen-bond acceptors (Lipinski definition) is 3. The predicted octanol–water partition coefficient (Wildman–Crippen LogP) is 1.13. The van der Waals surface area contributed by atoms with Gasteiger partial charge in [-0.25, -0.2) is 4.79 Å². The third-order valence-corrected chi connectivity index (χ3v) is 3.53. The first-order chi connectivity index (χ1) is 12.0. The van der Waals surface area contributed by atoms with Crippen molar-refractivity contribution in [2.45, 2.75) is 32.4 Å². The quantitative estimate of drug-likeness (QED) is 0.368. The average molecular weight is 369 g/mol. The van der Waals surface area contributed by atoms with E-state index in [1.165, 1.54) is 6.92 Å². The number of carbonyl (C=O) groups excluding carboxylic acids is 3. The molecule has 0 spiro atoms. The molecule has 0 aromatic heterocycles. The SMILES string of the molecule is CC(=O)N[C@@H](CCCNC(=O)NCCCl)C(=O)NCc1ccccc1. The molecule has 8 heteroatoms. The molecular weight excluding hydrogens is 344 g/mol. The molecule has 0 aliphatic rings. The monoisotopic (exact) mass is 368 g/mol. The maximum absolute atomic E-state index is 12.3. The van der Waals surface area contributed by atoms with Gasteiger partial charge in [0.25, 0.3) is 0 Å². The summed E-state index contributed by atoms with van der Waals surface area (Å²) in [5.41, 5.74) is 0.982. The Kier molecular flexibility index (Phi) is 10.1. The Morgan fingerprint density at radius 2 is 1.72 bits per heavy atom. The third kappa shape index (κ3) is 9.56. The highest BCUT2D eigenvalue weighted by molar-refractivity contribution is 6.18. The van der Waals surface area contributed by atoms with Gasteiger partial charge in [0, 0.05) is 32.4 Å². The van der Waals surface area contributed by atoms with Crippen molar-refractivity contribution >= 4 is 29.4 Å². The van der Waals surface area contributed by atoms with Gasteiger partial charge in [-0.1, -0.05) is 30.3 Å². The molecule has 0 unspecified atom stereocenters. The molecule has 1 rings (SSSR count). The molecule has 0 radical (unpaired) electrons. The summed E-state index contributed by atoms with van der Waals surface area (Å²) < 4.78 is 0. The summed E-state index contributed by atoms with van der Waals surface area (Å²) in [5.74, 6) is -0.169. The molecule has 0 fully saturated rings. The highest BCUT2D eigenvalue weighted by Crippen LogP contribution is 2.01. The number of carbonyl (C=O) groups is 3. The molecule has 4 amide bonds. The lowest BCUT2D eigenvalue weighted by Gasteiger charge is -2.18. The Morgan fingerprint density at radius 1 is 1.04 bits per heavy atom. The van der Waals surface area contributed by atoms with Gasteiger partial charge in [0.2, 0.25) is 11.8 Å². The highest BCUT2D eigenvalue weighted by Gasteiger charge is 2.18. The molecule has 4 N–H and O–H groups in total. The highest BCUT2D eigenvalue weighted by atomic mass is 35.5. The summed E-state index contributed by atoms with van der Waals surface area (Å²) in [6.45, 7) is 2.56. The van der Waals surface area contributed by atoms with E-state index in [2.05, 4.69) is 21.3 Å². The van der Waals surface area contributed by atoms with Crippen molar-refractivity contribution in [2.75, 3.05) is 19.0 Å². The van der Waals surface area contributed by atoms with Gasteiger partial charge in [0.15, 0.2) is 0 Å². The number of alkyl halides is 1. The number of hydrogen-bond donors (Lipinski definition) is 4. The van der Waals surface area contributed by atoms with Gasteiger partial charge in [0.05, 0.1) is 0 Å². The second-order valence-electron chi connectivity index (χ2n) is 5.47. The zero-order valence-electron chi connectivity index (χ0n) is 14.3. The van der Waals surface area contributed by atoms with Crippen LogP contribution in [0.2, 0.25) is 0 Å².